The lowest BCUT2D eigenvalue weighted by Gasteiger charge is -2.05. The van der Waals surface area contributed by atoms with Crippen molar-refractivity contribution >= 4 is 56.5 Å². The summed E-state index contributed by atoms with van der Waals surface area (Å²) in [4.78, 5) is 5.34. The van der Waals surface area contributed by atoms with E-state index in [9.17, 15) is 8.42 Å². The van der Waals surface area contributed by atoms with Gasteiger partial charge >= 0.3 is 0 Å². The van der Waals surface area contributed by atoms with E-state index in [2.05, 4.69) is 9.39 Å². The van der Waals surface area contributed by atoms with Crippen LogP contribution < -0.4 is 4.80 Å². The minimum absolute atomic E-state index is 0.105. The molecule has 0 amide bonds. The third-order valence-corrected chi connectivity index (χ3v) is 7.80. The Kier molecular flexibility index (Phi) is 6.62. The molecular weight excluding hydrogens is 485 g/mol. The van der Waals surface area contributed by atoms with E-state index >= 15 is 0 Å². The van der Waals surface area contributed by atoms with Crippen LogP contribution in [-0.4, -0.2) is 19.2 Å². The van der Waals surface area contributed by atoms with Crippen LogP contribution in [0.2, 0.25) is 10.2 Å². The Bertz CT molecular complexity index is 1460. The number of halogens is 2. The second-order valence-corrected chi connectivity index (χ2v) is 10.2. The highest BCUT2D eigenvalue weighted by atomic mass is 35.5. The molecule has 0 aliphatic carbocycles. The molecule has 4 aromatic rings. The van der Waals surface area contributed by atoms with Gasteiger partial charge in [-0.2, -0.15) is 8.42 Å². The molecule has 0 unspecified atom stereocenters. The molecule has 0 aliphatic rings. The van der Waals surface area contributed by atoms with Crippen molar-refractivity contribution < 1.29 is 8.42 Å². The SMILES string of the molecule is Cc1ccc(N=Cc2sc(=NS(=O)(=O)c3ccccc3)n(-c3ccccc3)c2Cl)cc1Cl. The number of aryl methyl sites for hydroxylation is 1. The second kappa shape index (κ2) is 9.42. The minimum Gasteiger partial charge on any atom is -0.274 e. The fraction of sp³-hybridized carbons (Fsp3) is 0.0435. The Morgan fingerprint density at radius 1 is 0.938 bits per heavy atom. The largest absolute Gasteiger partial charge is 0.285 e. The van der Waals surface area contributed by atoms with Gasteiger partial charge in [-0.1, -0.05) is 77.0 Å². The number of hydrogen-bond acceptors (Lipinski definition) is 4. The number of aliphatic imine (C=N–C) groups is 1. The van der Waals surface area contributed by atoms with Gasteiger partial charge in [0, 0.05) is 16.9 Å². The summed E-state index contributed by atoms with van der Waals surface area (Å²) in [6.07, 6.45) is 1.58. The van der Waals surface area contributed by atoms with Crippen molar-refractivity contribution in [3.05, 3.63) is 104 Å². The van der Waals surface area contributed by atoms with E-state index in [1.165, 1.54) is 12.1 Å². The zero-order valence-electron chi connectivity index (χ0n) is 16.8. The molecular formula is C23H17Cl2N3O2S2. The van der Waals surface area contributed by atoms with Gasteiger partial charge in [0.2, 0.25) is 4.80 Å². The number of para-hydroxylation sites is 1. The van der Waals surface area contributed by atoms with Crippen LogP contribution in [0.5, 0.6) is 0 Å². The number of hydrogen-bond donors (Lipinski definition) is 0. The molecule has 0 radical (unpaired) electrons. The molecule has 5 nitrogen and oxygen atoms in total. The summed E-state index contributed by atoms with van der Waals surface area (Å²) < 4.78 is 31.5. The highest BCUT2D eigenvalue weighted by Crippen LogP contribution is 2.25. The Balaban J connectivity index is 1.86. The lowest BCUT2D eigenvalue weighted by atomic mass is 10.2. The van der Waals surface area contributed by atoms with Crippen LogP contribution in [0.25, 0.3) is 5.69 Å². The fourth-order valence-corrected chi connectivity index (χ4v) is 5.53. The van der Waals surface area contributed by atoms with E-state index < -0.39 is 10.0 Å². The van der Waals surface area contributed by atoms with Crippen LogP contribution in [0.1, 0.15) is 10.4 Å². The van der Waals surface area contributed by atoms with Crippen LogP contribution in [0, 0.1) is 6.92 Å². The number of nitrogens with zero attached hydrogens (tertiary/aromatic N) is 3. The molecule has 1 aromatic heterocycles. The predicted molar refractivity (Wildman–Crippen MR) is 131 cm³/mol. The summed E-state index contributed by atoms with van der Waals surface area (Å²) in [7, 11) is -3.93. The van der Waals surface area contributed by atoms with Crippen molar-refractivity contribution in [2.24, 2.45) is 9.39 Å². The molecule has 0 atom stereocenters. The third kappa shape index (κ3) is 4.86. The summed E-state index contributed by atoms with van der Waals surface area (Å²) >= 11 is 14.0. The smallest absolute Gasteiger partial charge is 0.274 e. The Labute approximate surface area is 200 Å². The van der Waals surface area contributed by atoms with Crippen molar-refractivity contribution in [3.8, 4) is 5.69 Å². The van der Waals surface area contributed by atoms with Gasteiger partial charge in [0.05, 0.1) is 15.5 Å². The van der Waals surface area contributed by atoms with Gasteiger partial charge in [0.15, 0.2) is 0 Å². The van der Waals surface area contributed by atoms with Gasteiger partial charge in [0.1, 0.15) is 5.15 Å². The minimum atomic E-state index is -3.93. The van der Waals surface area contributed by atoms with Crippen molar-refractivity contribution in [1.82, 2.24) is 4.57 Å². The lowest BCUT2D eigenvalue weighted by Crippen LogP contribution is -2.15. The van der Waals surface area contributed by atoms with E-state index in [-0.39, 0.29) is 9.70 Å². The topological polar surface area (TPSA) is 63.8 Å². The molecule has 0 fully saturated rings. The van der Waals surface area contributed by atoms with Crippen LogP contribution in [0.3, 0.4) is 0 Å². The van der Waals surface area contributed by atoms with Crippen molar-refractivity contribution in [2.75, 3.05) is 0 Å². The molecule has 0 aliphatic heterocycles. The summed E-state index contributed by atoms with van der Waals surface area (Å²) in [6, 6.07) is 22.7. The van der Waals surface area contributed by atoms with Crippen LogP contribution in [0.4, 0.5) is 5.69 Å². The Morgan fingerprint density at radius 3 is 2.25 bits per heavy atom. The summed E-state index contributed by atoms with van der Waals surface area (Å²) in [5.41, 5.74) is 2.30. The van der Waals surface area contributed by atoms with Crippen LogP contribution in [0.15, 0.2) is 93.1 Å². The van der Waals surface area contributed by atoms with Crippen molar-refractivity contribution in [1.29, 1.82) is 0 Å². The van der Waals surface area contributed by atoms with Gasteiger partial charge in [-0.25, -0.2) is 0 Å². The summed E-state index contributed by atoms with van der Waals surface area (Å²) in [5, 5.41) is 0.922. The number of aromatic nitrogens is 1. The molecule has 32 heavy (non-hydrogen) atoms. The number of sulfonamides is 1. The lowest BCUT2D eigenvalue weighted by molar-refractivity contribution is 0.596. The molecule has 9 heteroatoms. The first-order valence-corrected chi connectivity index (χ1v) is 12.5. The molecule has 0 bridgehead atoms. The zero-order chi connectivity index (χ0) is 22.7. The molecule has 3 aromatic carbocycles. The van der Waals surface area contributed by atoms with Crippen molar-refractivity contribution in [3.63, 3.8) is 0 Å². The number of thiazole rings is 1. The first-order chi connectivity index (χ1) is 15.3. The summed E-state index contributed by atoms with van der Waals surface area (Å²) in [6.45, 7) is 1.91. The van der Waals surface area contributed by atoms with E-state index in [0.717, 1.165) is 16.9 Å². The average molecular weight is 502 g/mol. The van der Waals surface area contributed by atoms with Gasteiger partial charge in [-0.05, 0) is 48.9 Å². The van der Waals surface area contributed by atoms with Gasteiger partial charge in [-0.3, -0.25) is 9.56 Å². The van der Waals surface area contributed by atoms with E-state index in [1.54, 1.807) is 35.0 Å². The molecule has 162 valence electrons. The van der Waals surface area contributed by atoms with E-state index in [4.69, 9.17) is 23.2 Å². The average Bonchev–Trinajstić information content (AvgIpc) is 3.10. The Morgan fingerprint density at radius 2 is 1.59 bits per heavy atom. The predicted octanol–water partition coefficient (Wildman–Crippen LogP) is 6.19. The number of benzene rings is 3. The maximum absolute atomic E-state index is 12.9. The maximum Gasteiger partial charge on any atom is 0.285 e. The first kappa shape index (κ1) is 22.5. The maximum atomic E-state index is 12.9. The van der Waals surface area contributed by atoms with Gasteiger partial charge in [-0.15, -0.1) is 4.40 Å². The summed E-state index contributed by atoms with van der Waals surface area (Å²) in [5.74, 6) is 0. The monoisotopic (exact) mass is 501 g/mol. The molecule has 0 saturated carbocycles. The van der Waals surface area contributed by atoms with E-state index in [0.29, 0.717) is 26.4 Å². The van der Waals surface area contributed by atoms with Crippen molar-refractivity contribution in [2.45, 2.75) is 11.8 Å². The highest BCUT2D eigenvalue weighted by molar-refractivity contribution is 7.90. The van der Waals surface area contributed by atoms with Crippen LogP contribution >= 0.6 is 34.5 Å². The highest BCUT2D eigenvalue weighted by Gasteiger charge is 2.17. The zero-order valence-corrected chi connectivity index (χ0v) is 20.0. The molecule has 4 rings (SSSR count). The van der Waals surface area contributed by atoms with E-state index in [1.807, 2.05) is 49.4 Å². The fourth-order valence-electron chi connectivity index (χ4n) is 2.86. The molecule has 1 heterocycles. The third-order valence-electron chi connectivity index (χ3n) is 4.53. The molecule has 0 saturated heterocycles. The molecule has 0 N–H and O–H groups in total. The first-order valence-electron chi connectivity index (χ1n) is 9.48. The Hall–Kier alpha value is -2.71. The number of rotatable bonds is 5. The normalized spacial score (nSPS) is 12.5. The standard InChI is InChI=1S/C23H17Cl2N3O2S2/c1-16-12-13-17(14-20(16)24)26-15-21-22(25)28(18-8-4-2-5-9-18)23(31-21)27-32(29,30)19-10-6-3-7-11-19/h2-15H,1H3. The second-order valence-electron chi connectivity index (χ2n) is 6.78. The van der Waals surface area contributed by atoms with Gasteiger partial charge < -0.3 is 0 Å². The van der Waals surface area contributed by atoms with Gasteiger partial charge in [0.25, 0.3) is 10.0 Å². The quantitative estimate of drug-likeness (QED) is 0.305. The van der Waals surface area contributed by atoms with Crippen LogP contribution in [-0.2, 0) is 10.0 Å². The molecule has 0 spiro atoms.